The summed E-state index contributed by atoms with van der Waals surface area (Å²) in [5.41, 5.74) is 4.66. The van der Waals surface area contributed by atoms with Crippen LogP contribution in [0.3, 0.4) is 0 Å². The lowest BCUT2D eigenvalue weighted by Gasteiger charge is -2.34. The molecule has 31 heavy (non-hydrogen) atoms. The van der Waals surface area contributed by atoms with E-state index in [1.165, 1.54) is 5.56 Å². The van der Waals surface area contributed by atoms with E-state index in [-0.39, 0.29) is 11.8 Å². The Hall–Kier alpha value is -3.60. The normalized spacial score (nSPS) is 14.4. The van der Waals surface area contributed by atoms with Crippen molar-refractivity contribution in [2.75, 3.05) is 26.2 Å². The fourth-order valence-corrected chi connectivity index (χ4v) is 4.58. The Labute approximate surface area is 181 Å². The monoisotopic (exact) mass is 411 g/mol. The number of nitrogens with zero attached hydrogens (tertiary/aromatic N) is 2. The van der Waals surface area contributed by atoms with E-state index < -0.39 is 0 Å². The zero-order valence-electron chi connectivity index (χ0n) is 17.8. The molecular weight excluding hydrogens is 386 g/mol. The second-order valence-corrected chi connectivity index (χ2v) is 8.34. The van der Waals surface area contributed by atoms with E-state index in [1.807, 2.05) is 58.3 Å². The van der Waals surface area contributed by atoms with Crippen LogP contribution in [-0.4, -0.2) is 52.8 Å². The minimum absolute atomic E-state index is 0.00878. The Morgan fingerprint density at radius 1 is 0.774 bits per heavy atom. The highest BCUT2D eigenvalue weighted by atomic mass is 16.2. The van der Waals surface area contributed by atoms with Crippen molar-refractivity contribution >= 4 is 33.5 Å². The number of aromatic nitrogens is 1. The first-order valence-corrected chi connectivity index (χ1v) is 10.7. The van der Waals surface area contributed by atoms with Crippen LogP contribution in [0, 0.1) is 13.8 Å². The smallest absolute Gasteiger partial charge is 0.270 e. The molecule has 5 nitrogen and oxygen atoms in total. The van der Waals surface area contributed by atoms with Crippen LogP contribution in [0.5, 0.6) is 0 Å². The van der Waals surface area contributed by atoms with Crippen LogP contribution in [-0.2, 0) is 0 Å². The molecule has 1 aliphatic heterocycles. The summed E-state index contributed by atoms with van der Waals surface area (Å²) in [5.74, 6) is 0.0196. The van der Waals surface area contributed by atoms with Crippen molar-refractivity contribution in [1.82, 2.24) is 14.8 Å². The summed E-state index contributed by atoms with van der Waals surface area (Å²) in [6, 6.07) is 19.9. The highest BCUT2D eigenvalue weighted by Gasteiger charge is 2.27. The van der Waals surface area contributed by atoms with Gasteiger partial charge in [0.1, 0.15) is 5.69 Å². The van der Waals surface area contributed by atoms with E-state index >= 15 is 0 Å². The number of piperazine rings is 1. The molecule has 0 saturated carbocycles. The predicted molar refractivity (Wildman–Crippen MR) is 124 cm³/mol. The van der Waals surface area contributed by atoms with Gasteiger partial charge in [-0.3, -0.25) is 9.59 Å². The molecule has 0 aliphatic carbocycles. The number of carbonyl (C=O) groups excluding carboxylic acids is 2. The summed E-state index contributed by atoms with van der Waals surface area (Å²) in [6.45, 7) is 6.25. The molecule has 5 heteroatoms. The third-order valence-electron chi connectivity index (χ3n) is 6.19. The molecule has 0 spiro atoms. The first kappa shape index (κ1) is 19.4. The Morgan fingerprint density at radius 2 is 1.45 bits per heavy atom. The maximum Gasteiger partial charge on any atom is 0.270 e. The lowest BCUT2D eigenvalue weighted by atomic mass is 10.0. The largest absolute Gasteiger partial charge is 0.351 e. The lowest BCUT2D eigenvalue weighted by Crippen LogP contribution is -2.50. The Balaban J connectivity index is 1.31. The zero-order chi connectivity index (χ0) is 21.5. The van der Waals surface area contributed by atoms with Gasteiger partial charge in [-0.15, -0.1) is 0 Å². The number of amides is 2. The molecule has 1 saturated heterocycles. The van der Waals surface area contributed by atoms with Gasteiger partial charge in [-0.05, 0) is 53.9 Å². The van der Waals surface area contributed by atoms with Gasteiger partial charge in [0, 0.05) is 42.6 Å². The summed E-state index contributed by atoms with van der Waals surface area (Å²) < 4.78 is 0. The second kappa shape index (κ2) is 7.58. The maximum atomic E-state index is 13.2. The van der Waals surface area contributed by atoms with Gasteiger partial charge in [-0.25, -0.2) is 0 Å². The number of aryl methyl sites for hydroxylation is 2. The summed E-state index contributed by atoms with van der Waals surface area (Å²) in [6.07, 6.45) is 0. The van der Waals surface area contributed by atoms with Gasteiger partial charge in [0.15, 0.2) is 0 Å². The fourth-order valence-electron chi connectivity index (χ4n) is 4.58. The molecule has 1 aromatic heterocycles. The van der Waals surface area contributed by atoms with Crippen LogP contribution in [0.2, 0.25) is 0 Å². The number of fused-ring (bicyclic) bond motifs is 2. The van der Waals surface area contributed by atoms with Crippen molar-refractivity contribution in [3.63, 3.8) is 0 Å². The van der Waals surface area contributed by atoms with E-state index in [4.69, 9.17) is 0 Å². The van der Waals surface area contributed by atoms with E-state index in [2.05, 4.69) is 31.0 Å². The zero-order valence-corrected chi connectivity index (χ0v) is 17.8. The molecule has 2 amide bonds. The Morgan fingerprint density at radius 3 is 2.23 bits per heavy atom. The van der Waals surface area contributed by atoms with Crippen molar-refractivity contribution in [1.29, 1.82) is 0 Å². The Bertz CT molecular complexity index is 1310. The summed E-state index contributed by atoms with van der Waals surface area (Å²) >= 11 is 0. The van der Waals surface area contributed by atoms with Crippen LogP contribution in [0.1, 0.15) is 32.0 Å². The van der Waals surface area contributed by atoms with Gasteiger partial charge in [0.05, 0.1) is 0 Å². The topological polar surface area (TPSA) is 56.4 Å². The van der Waals surface area contributed by atoms with Crippen LogP contribution in [0.4, 0.5) is 0 Å². The van der Waals surface area contributed by atoms with Gasteiger partial charge < -0.3 is 14.8 Å². The SMILES string of the molecule is Cc1cc(C)c2cc(C(=O)N3CCN(C(=O)c4cccc5ccccc45)CC3)[nH]c2c1. The van der Waals surface area contributed by atoms with E-state index in [0.717, 1.165) is 32.8 Å². The molecule has 5 rings (SSSR count). The van der Waals surface area contributed by atoms with Gasteiger partial charge >= 0.3 is 0 Å². The number of aromatic amines is 1. The molecule has 4 aromatic rings. The van der Waals surface area contributed by atoms with Gasteiger partial charge in [0.25, 0.3) is 11.8 Å². The molecule has 3 aromatic carbocycles. The van der Waals surface area contributed by atoms with Crippen LogP contribution < -0.4 is 0 Å². The van der Waals surface area contributed by atoms with Crippen LogP contribution in [0.25, 0.3) is 21.7 Å². The van der Waals surface area contributed by atoms with Crippen molar-refractivity contribution in [2.45, 2.75) is 13.8 Å². The van der Waals surface area contributed by atoms with Gasteiger partial charge in [0.2, 0.25) is 0 Å². The maximum absolute atomic E-state index is 13.2. The third kappa shape index (κ3) is 3.46. The van der Waals surface area contributed by atoms with Crippen molar-refractivity contribution < 1.29 is 9.59 Å². The minimum Gasteiger partial charge on any atom is -0.351 e. The summed E-state index contributed by atoms with van der Waals surface area (Å²) in [4.78, 5) is 33.2. The molecule has 1 aliphatic rings. The standard InChI is InChI=1S/C26H25N3O2/c1-17-14-18(2)22-16-24(27-23(22)15-17)26(31)29-12-10-28(11-13-29)25(30)21-9-5-7-19-6-3-4-8-20(19)21/h3-9,14-16,27H,10-13H2,1-2H3. The van der Waals surface area contributed by atoms with Crippen LogP contribution >= 0.6 is 0 Å². The number of H-pyrrole nitrogens is 1. The molecule has 1 N–H and O–H groups in total. The van der Waals surface area contributed by atoms with E-state index in [9.17, 15) is 9.59 Å². The number of hydrogen-bond donors (Lipinski definition) is 1. The molecule has 156 valence electrons. The number of carbonyl (C=O) groups is 2. The molecule has 2 heterocycles. The van der Waals surface area contributed by atoms with Gasteiger partial charge in [-0.1, -0.05) is 42.5 Å². The van der Waals surface area contributed by atoms with Gasteiger partial charge in [-0.2, -0.15) is 0 Å². The average molecular weight is 412 g/mol. The number of rotatable bonds is 2. The number of nitrogens with one attached hydrogen (secondary N) is 1. The van der Waals surface area contributed by atoms with E-state index in [1.54, 1.807) is 0 Å². The highest BCUT2D eigenvalue weighted by Crippen LogP contribution is 2.24. The Kier molecular flexibility index (Phi) is 4.74. The fraction of sp³-hybridized carbons (Fsp3) is 0.231. The molecular formula is C26H25N3O2. The summed E-state index contributed by atoms with van der Waals surface area (Å²) in [5, 5.41) is 3.11. The number of benzene rings is 3. The number of hydrogen-bond acceptors (Lipinski definition) is 2. The molecule has 0 unspecified atom stereocenters. The van der Waals surface area contributed by atoms with Crippen molar-refractivity contribution in [3.8, 4) is 0 Å². The predicted octanol–water partition coefficient (Wildman–Crippen LogP) is 4.54. The quantitative estimate of drug-likeness (QED) is 0.527. The molecule has 0 radical (unpaired) electrons. The first-order chi connectivity index (χ1) is 15.0. The lowest BCUT2D eigenvalue weighted by molar-refractivity contribution is 0.0534. The second-order valence-electron chi connectivity index (χ2n) is 8.34. The first-order valence-electron chi connectivity index (χ1n) is 10.7. The molecule has 0 bridgehead atoms. The van der Waals surface area contributed by atoms with Crippen LogP contribution in [0.15, 0.2) is 60.7 Å². The minimum atomic E-state index is -0.00878. The summed E-state index contributed by atoms with van der Waals surface area (Å²) in [7, 11) is 0. The molecule has 0 atom stereocenters. The average Bonchev–Trinajstić information content (AvgIpc) is 3.22. The third-order valence-corrected chi connectivity index (χ3v) is 6.19. The van der Waals surface area contributed by atoms with Crippen molar-refractivity contribution in [2.24, 2.45) is 0 Å². The van der Waals surface area contributed by atoms with Crippen molar-refractivity contribution in [3.05, 3.63) is 83.0 Å². The molecule has 1 fully saturated rings. The highest BCUT2D eigenvalue weighted by molar-refractivity contribution is 6.07. The van der Waals surface area contributed by atoms with E-state index in [0.29, 0.717) is 31.9 Å².